The average molecular weight is 284 g/mol. The highest BCUT2D eigenvalue weighted by atomic mass is 16.2. The van der Waals surface area contributed by atoms with E-state index in [1.54, 1.807) is 12.4 Å². The van der Waals surface area contributed by atoms with Gasteiger partial charge < -0.3 is 9.80 Å². The molecule has 1 aromatic heterocycles. The number of hydrogen-bond acceptors (Lipinski definition) is 3. The lowest BCUT2D eigenvalue weighted by atomic mass is 10.1. The van der Waals surface area contributed by atoms with E-state index in [1.807, 2.05) is 4.90 Å². The first-order valence-corrected chi connectivity index (χ1v) is 7.26. The summed E-state index contributed by atoms with van der Waals surface area (Å²) in [7, 11) is 0. The van der Waals surface area contributed by atoms with Crippen LogP contribution in [0.5, 0.6) is 0 Å². The van der Waals surface area contributed by atoms with Gasteiger partial charge in [0.2, 0.25) is 0 Å². The minimum absolute atomic E-state index is 0.0596. The van der Waals surface area contributed by atoms with Crippen LogP contribution in [0.25, 0.3) is 0 Å². The van der Waals surface area contributed by atoms with Gasteiger partial charge in [0.05, 0.1) is 11.8 Å². The fourth-order valence-corrected chi connectivity index (χ4v) is 2.78. The molecule has 0 bridgehead atoms. The van der Waals surface area contributed by atoms with Crippen LogP contribution in [0.15, 0.2) is 30.6 Å². The summed E-state index contributed by atoms with van der Waals surface area (Å²) in [5, 5.41) is 6.53. The smallest absolute Gasteiger partial charge is 0.257 e. The van der Waals surface area contributed by atoms with Crippen LogP contribution < -0.4 is 4.90 Å². The first-order chi connectivity index (χ1) is 10.2. The third-order valence-electron chi connectivity index (χ3n) is 4.23. The van der Waals surface area contributed by atoms with Gasteiger partial charge >= 0.3 is 0 Å². The lowest BCUT2D eigenvalue weighted by Crippen LogP contribution is -2.49. The van der Waals surface area contributed by atoms with Crippen LogP contribution in [0.2, 0.25) is 0 Å². The average Bonchev–Trinajstić information content (AvgIpc) is 3.04. The molecule has 21 heavy (non-hydrogen) atoms. The molecule has 2 heterocycles. The second-order valence-corrected chi connectivity index (χ2v) is 5.49. The molecule has 2 aromatic rings. The van der Waals surface area contributed by atoms with Crippen LogP contribution in [0, 0.1) is 13.8 Å². The summed E-state index contributed by atoms with van der Waals surface area (Å²) in [6, 6.07) is 6.40. The molecule has 1 N–H and O–H groups in total. The Bertz CT molecular complexity index is 628. The number of rotatable bonds is 2. The fourth-order valence-electron chi connectivity index (χ4n) is 2.78. The van der Waals surface area contributed by atoms with E-state index in [1.165, 1.54) is 16.8 Å². The molecule has 0 saturated carbocycles. The van der Waals surface area contributed by atoms with Crippen molar-refractivity contribution in [2.45, 2.75) is 13.8 Å². The minimum Gasteiger partial charge on any atom is -0.368 e. The summed E-state index contributed by atoms with van der Waals surface area (Å²) in [6.07, 6.45) is 3.23. The number of amides is 1. The molecule has 5 nitrogen and oxygen atoms in total. The number of anilines is 1. The van der Waals surface area contributed by atoms with E-state index >= 15 is 0 Å². The molecule has 0 aliphatic carbocycles. The Morgan fingerprint density at radius 1 is 1.19 bits per heavy atom. The first-order valence-electron chi connectivity index (χ1n) is 7.26. The van der Waals surface area contributed by atoms with Crippen LogP contribution >= 0.6 is 0 Å². The molecule has 1 fully saturated rings. The van der Waals surface area contributed by atoms with E-state index in [2.05, 4.69) is 47.1 Å². The van der Waals surface area contributed by atoms with Gasteiger partial charge in [-0.25, -0.2) is 0 Å². The van der Waals surface area contributed by atoms with Gasteiger partial charge in [0.25, 0.3) is 5.91 Å². The second-order valence-electron chi connectivity index (χ2n) is 5.49. The third kappa shape index (κ3) is 2.63. The summed E-state index contributed by atoms with van der Waals surface area (Å²) in [5.74, 6) is 0.0596. The van der Waals surface area contributed by atoms with Gasteiger partial charge in [-0.1, -0.05) is 12.1 Å². The standard InChI is InChI=1S/C16H20N4O/c1-12-4-3-5-15(13(12)2)19-6-8-20(9-7-19)16(21)14-10-17-18-11-14/h3-5,10-11H,6-9H2,1-2H3,(H,17,18). The maximum absolute atomic E-state index is 12.3. The Morgan fingerprint density at radius 3 is 2.62 bits per heavy atom. The van der Waals surface area contributed by atoms with Crippen LogP contribution in [0.3, 0.4) is 0 Å². The maximum Gasteiger partial charge on any atom is 0.257 e. The number of nitrogens with zero attached hydrogens (tertiary/aromatic N) is 3. The maximum atomic E-state index is 12.3. The van der Waals surface area contributed by atoms with Crippen molar-refractivity contribution in [1.82, 2.24) is 15.1 Å². The monoisotopic (exact) mass is 284 g/mol. The highest BCUT2D eigenvalue weighted by Gasteiger charge is 2.23. The fraction of sp³-hybridized carbons (Fsp3) is 0.375. The van der Waals surface area contributed by atoms with Crippen molar-refractivity contribution in [2.24, 2.45) is 0 Å². The largest absolute Gasteiger partial charge is 0.368 e. The predicted octanol–water partition coefficient (Wildman–Crippen LogP) is 1.99. The van der Waals surface area contributed by atoms with Crippen LogP contribution in [-0.2, 0) is 0 Å². The van der Waals surface area contributed by atoms with Crippen molar-refractivity contribution >= 4 is 11.6 Å². The molecule has 1 aliphatic rings. The third-order valence-corrected chi connectivity index (χ3v) is 4.23. The Labute approximate surface area is 124 Å². The van der Waals surface area contributed by atoms with Crippen molar-refractivity contribution in [3.63, 3.8) is 0 Å². The zero-order valence-electron chi connectivity index (χ0n) is 12.5. The number of H-pyrrole nitrogens is 1. The molecule has 1 saturated heterocycles. The van der Waals surface area contributed by atoms with Crippen molar-refractivity contribution in [1.29, 1.82) is 0 Å². The van der Waals surface area contributed by atoms with E-state index in [9.17, 15) is 4.79 Å². The first kappa shape index (κ1) is 13.7. The van der Waals surface area contributed by atoms with E-state index in [4.69, 9.17) is 0 Å². The van der Waals surface area contributed by atoms with Gasteiger partial charge in [0.15, 0.2) is 0 Å². The number of hydrogen-bond donors (Lipinski definition) is 1. The minimum atomic E-state index is 0.0596. The SMILES string of the molecule is Cc1cccc(N2CCN(C(=O)c3cn[nH]c3)CC2)c1C. The Balaban J connectivity index is 1.68. The van der Waals surface area contributed by atoms with Crippen molar-refractivity contribution < 1.29 is 4.79 Å². The molecule has 0 radical (unpaired) electrons. The number of benzene rings is 1. The Morgan fingerprint density at radius 2 is 1.95 bits per heavy atom. The summed E-state index contributed by atoms with van der Waals surface area (Å²) in [4.78, 5) is 16.5. The van der Waals surface area contributed by atoms with E-state index in [-0.39, 0.29) is 5.91 Å². The number of carbonyl (C=O) groups excluding carboxylic acids is 1. The highest BCUT2D eigenvalue weighted by molar-refractivity contribution is 5.93. The molecule has 3 rings (SSSR count). The lowest BCUT2D eigenvalue weighted by Gasteiger charge is -2.37. The summed E-state index contributed by atoms with van der Waals surface area (Å²) in [5.41, 5.74) is 4.55. The zero-order valence-corrected chi connectivity index (χ0v) is 12.5. The summed E-state index contributed by atoms with van der Waals surface area (Å²) in [6.45, 7) is 7.53. The molecule has 0 atom stereocenters. The predicted molar refractivity (Wildman–Crippen MR) is 82.6 cm³/mol. The van der Waals surface area contributed by atoms with Gasteiger partial charge in [-0.2, -0.15) is 5.10 Å². The number of piperazine rings is 1. The number of carbonyl (C=O) groups is 1. The number of aryl methyl sites for hydroxylation is 1. The van der Waals surface area contributed by atoms with E-state index in [0.717, 1.165) is 26.2 Å². The van der Waals surface area contributed by atoms with Crippen LogP contribution in [0.1, 0.15) is 21.5 Å². The number of nitrogens with one attached hydrogen (secondary N) is 1. The van der Waals surface area contributed by atoms with Crippen molar-refractivity contribution in [3.05, 3.63) is 47.3 Å². The topological polar surface area (TPSA) is 52.2 Å². The van der Waals surface area contributed by atoms with Gasteiger partial charge in [0, 0.05) is 38.1 Å². The number of aromatic amines is 1. The molecule has 0 spiro atoms. The molecule has 110 valence electrons. The van der Waals surface area contributed by atoms with E-state index in [0.29, 0.717) is 5.56 Å². The molecular formula is C16H20N4O. The molecule has 1 aromatic carbocycles. The molecule has 1 amide bonds. The molecule has 5 heteroatoms. The highest BCUT2D eigenvalue weighted by Crippen LogP contribution is 2.24. The van der Waals surface area contributed by atoms with Gasteiger partial charge in [-0.15, -0.1) is 0 Å². The zero-order chi connectivity index (χ0) is 14.8. The Kier molecular flexibility index (Phi) is 3.64. The van der Waals surface area contributed by atoms with Crippen LogP contribution in [0.4, 0.5) is 5.69 Å². The summed E-state index contributed by atoms with van der Waals surface area (Å²) < 4.78 is 0. The van der Waals surface area contributed by atoms with Gasteiger partial charge in [-0.05, 0) is 31.0 Å². The van der Waals surface area contributed by atoms with Gasteiger partial charge in [0.1, 0.15) is 0 Å². The summed E-state index contributed by atoms with van der Waals surface area (Å²) >= 11 is 0. The Hall–Kier alpha value is -2.30. The number of aromatic nitrogens is 2. The lowest BCUT2D eigenvalue weighted by molar-refractivity contribution is 0.0747. The molecule has 0 unspecified atom stereocenters. The molecule has 1 aliphatic heterocycles. The van der Waals surface area contributed by atoms with E-state index < -0.39 is 0 Å². The van der Waals surface area contributed by atoms with Crippen molar-refractivity contribution in [2.75, 3.05) is 31.1 Å². The van der Waals surface area contributed by atoms with Crippen molar-refractivity contribution in [3.8, 4) is 0 Å². The second kappa shape index (κ2) is 5.60. The van der Waals surface area contributed by atoms with Crippen LogP contribution in [-0.4, -0.2) is 47.2 Å². The normalized spacial score (nSPS) is 15.3. The quantitative estimate of drug-likeness (QED) is 0.917. The van der Waals surface area contributed by atoms with Gasteiger partial charge in [-0.3, -0.25) is 9.89 Å². The molecular weight excluding hydrogens is 264 g/mol.